The average Bonchev–Trinajstić information content (AvgIpc) is 2.86. The van der Waals surface area contributed by atoms with Crippen molar-refractivity contribution < 1.29 is 4.74 Å². The highest BCUT2D eigenvalue weighted by atomic mass is 35.5. The molecule has 0 saturated carbocycles. The summed E-state index contributed by atoms with van der Waals surface area (Å²) in [4.78, 5) is 13.9. The smallest absolute Gasteiger partial charge is 0.322 e. The van der Waals surface area contributed by atoms with Gasteiger partial charge >= 0.3 is 6.01 Å². The summed E-state index contributed by atoms with van der Waals surface area (Å²) in [5.74, 6) is 0. The Morgan fingerprint density at radius 2 is 1.81 bits per heavy atom. The van der Waals surface area contributed by atoms with E-state index in [0.717, 1.165) is 26.1 Å². The molecule has 0 bridgehead atoms. The Hall–Kier alpha value is -1.43. The van der Waals surface area contributed by atoms with E-state index in [0.29, 0.717) is 0 Å². The zero-order valence-corrected chi connectivity index (χ0v) is 12.8. The van der Waals surface area contributed by atoms with Gasteiger partial charge in [0.1, 0.15) is 6.10 Å². The van der Waals surface area contributed by atoms with Crippen LogP contribution in [0.1, 0.15) is 12.0 Å². The van der Waals surface area contributed by atoms with Crippen molar-refractivity contribution in [2.24, 2.45) is 0 Å². The van der Waals surface area contributed by atoms with Crippen molar-refractivity contribution in [1.82, 2.24) is 19.9 Å². The number of likely N-dealkylation sites (tertiary alicyclic amines) is 1. The lowest BCUT2D eigenvalue weighted by atomic mass is 10.2. The molecule has 3 rings (SSSR count). The lowest BCUT2D eigenvalue weighted by molar-refractivity contribution is 0.183. The Morgan fingerprint density at radius 1 is 1.10 bits per heavy atom. The molecular weight excluding hydrogens is 311 g/mol. The molecule has 1 aromatic carbocycles. The molecule has 1 aliphatic heterocycles. The third-order valence-electron chi connectivity index (χ3n) is 3.31. The van der Waals surface area contributed by atoms with Gasteiger partial charge in [0.2, 0.25) is 10.6 Å². The van der Waals surface area contributed by atoms with E-state index >= 15 is 0 Å². The molecule has 1 saturated heterocycles. The first-order valence-electron chi connectivity index (χ1n) is 6.69. The molecule has 2 heterocycles. The van der Waals surface area contributed by atoms with E-state index < -0.39 is 0 Å². The summed E-state index contributed by atoms with van der Waals surface area (Å²) >= 11 is 11.5. The van der Waals surface area contributed by atoms with Crippen LogP contribution in [0.3, 0.4) is 0 Å². The summed E-state index contributed by atoms with van der Waals surface area (Å²) in [6, 6.07) is 10.6. The number of hydrogen-bond acceptors (Lipinski definition) is 5. The molecule has 110 valence electrons. The van der Waals surface area contributed by atoms with E-state index in [9.17, 15) is 0 Å². The Labute approximate surface area is 132 Å². The van der Waals surface area contributed by atoms with Gasteiger partial charge in [-0.25, -0.2) is 0 Å². The molecule has 0 aliphatic carbocycles. The molecule has 1 atom stereocenters. The second kappa shape index (κ2) is 6.56. The second-order valence-corrected chi connectivity index (χ2v) is 5.58. The first kappa shape index (κ1) is 14.5. The molecule has 2 aromatic rings. The average molecular weight is 325 g/mol. The van der Waals surface area contributed by atoms with E-state index in [2.05, 4.69) is 32.0 Å². The third-order valence-corrected chi connectivity index (χ3v) is 3.65. The predicted molar refractivity (Wildman–Crippen MR) is 80.6 cm³/mol. The summed E-state index contributed by atoms with van der Waals surface area (Å²) in [6.07, 6.45) is 0.969. The van der Waals surface area contributed by atoms with Gasteiger partial charge in [0, 0.05) is 19.6 Å². The molecule has 1 aromatic heterocycles. The van der Waals surface area contributed by atoms with Crippen molar-refractivity contribution in [3.8, 4) is 6.01 Å². The van der Waals surface area contributed by atoms with E-state index in [1.54, 1.807) is 0 Å². The number of ether oxygens (including phenoxy) is 1. The van der Waals surface area contributed by atoms with Crippen molar-refractivity contribution in [1.29, 1.82) is 0 Å². The zero-order valence-electron chi connectivity index (χ0n) is 11.2. The molecule has 0 amide bonds. The number of rotatable bonds is 4. The minimum absolute atomic E-state index is 0.0447. The lowest BCUT2D eigenvalue weighted by Gasteiger charge is -2.16. The van der Waals surface area contributed by atoms with Crippen molar-refractivity contribution in [3.05, 3.63) is 46.5 Å². The van der Waals surface area contributed by atoms with Gasteiger partial charge in [0.15, 0.2) is 0 Å². The number of aromatic nitrogens is 3. The number of hydrogen-bond donors (Lipinski definition) is 0. The molecule has 7 heteroatoms. The summed E-state index contributed by atoms with van der Waals surface area (Å²) in [7, 11) is 0. The van der Waals surface area contributed by atoms with Crippen LogP contribution < -0.4 is 4.74 Å². The molecule has 0 radical (unpaired) electrons. The van der Waals surface area contributed by atoms with Gasteiger partial charge < -0.3 is 4.74 Å². The largest absolute Gasteiger partial charge is 0.459 e. The van der Waals surface area contributed by atoms with Crippen molar-refractivity contribution in [2.45, 2.75) is 19.1 Å². The van der Waals surface area contributed by atoms with Crippen molar-refractivity contribution in [3.63, 3.8) is 0 Å². The molecular formula is C14H14Cl2N4O. The minimum Gasteiger partial charge on any atom is -0.459 e. The van der Waals surface area contributed by atoms with Crippen LogP contribution in [0.5, 0.6) is 6.01 Å². The van der Waals surface area contributed by atoms with Crippen LogP contribution in [0.4, 0.5) is 0 Å². The summed E-state index contributed by atoms with van der Waals surface area (Å²) in [5, 5.41) is 0.0910. The summed E-state index contributed by atoms with van der Waals surface area (Å²) < 4.78 is 5.73. The molecule has 1 fully saturated rings. The monoisotopic (exact) mass is 324 g/mol. The highest BCUT2D eigenvalue weighted by Gasteiger charge is 2.25. The molecule has 1 unspecified atom stereocenters. The quantitative estimate of drug-likeness (QED) is 0.865. The number of benzene rings is 1. The van der Waals surface area contributed by atoms with Crippen LogP contribution in [-0.4, -0.2) is 39.0 Å². The van der Waals surface area contributed by atoms with Crippen LogP contribution in [-0.2, 0) is 6.54 Å². The molecule has 1 aliphatic rings. The Morgan fingerprint density at radius 3 is 2.52 bits per heavy atom. The number of halogens is 2. The Kier molecular flexibility index (Phi) is 4.53. The molecule has 21 heavy (non-hydrogen) atoms. The maximum atomic E-state index is 5.73. The standard InChI is InChI=1S/C14H14Cl2N4O/c15-12-17-13(16)19-14(18-12)21-11-6-7-20(9-11)8-10-4-2-1-3-5-10/h1-5,11H,6-9H2. The van der Waals surface area contributed by atoms with Crippen molar-refractivity contribution >= 4 is 23.2 Å². The normalized spacial score (nSPS) is 18.9. The van der Waals surface area contributed by atoms with Crippen LogP contribution in [0.15, 0.2) is 30.3 Å². The molecule has 0 spiro atoms. The summed E-state index contributed by atoms with van der Waals surface area (Å²) in [6.45, 7) is 2.72. The first-order valence-corrected chi connectivity index (χ1v) is 7.44. The van der Waals surface area contributed by atoms with Crippen LogP contribution in [0, 0.1) is 0 Å². The fourth-order valence-electron chi connectivity index (χ4n) is 2.39. The first-order chi connectivity index (χ1) is 10.2. The van der Waals surface area contributed by atoms with E-state index in [-0.39, 0.29) is 22.7 Å². The lowest BCUT2D eigenvalue weighted by Crippen LogP contribution is -2.25. The summed E-state index contributed by atoms with van der Waals surface area (Å²) in [5.41, 5.74) is 1.30. The molecule has 0 N–H and O–H groups in total. The van der Waals surface area contributed by atoms with Crippen LogP contribution in [0.2, 0.25) is 10.6 Å². The Bertz CT molecular complexity index is 591. The van der Waals surface area contributed by atoms with Gasteiger partial charge in [-0.1, -0.05) is 30.3 Å². The van der Waals surface area contributed by atoms with E-state index in [1.807, 2.05) is 18.2 Å². The van der Waals surface area contributed by atoms with Gasteiger partial charge in [0.25, 0.3) is 0 Å². The minimum atomic E-state index is 0.0447. The fraction of sp³-hybridized carbons (Fsp3) is 0.357. The van der Waals surface area contributed by atoms with Gasteiger partial charge in [0.05, 0.1) is 0 Å². The van der Waals surface area contributed by atoms with E-state index in [1.165, 1.54) is 5.56 Å². The van der Waals surface area contributed by atoms with Gasteiger partial charge in [-0.3, -0.25) is 4.90 Å². The second-order valence-electron chi connectivity index (χ2n) is 4.91. The van der Waals surface area contributed by atoms with Gasteiger partial charge in [-0.15, -0.1) is 0 Å². The van der Waals surface area contributed by atoms with Crippen LogP contribution >= 0.6 is 23.2 Å². The maximum absolute atomic E-state index is 5.73. The topological polar surface area (TPSA) is 51.1 Å². The predicted octanol–water partition coefficient (Wildman–Crippen LogP) is 2.83. The number of nitrogens with zero attached hydrogens (tertiary/aromatic N) is 4. The fourth-order valence-corrected chi connectivity index (χ4v) is 2.74. The highest BCUT2D eigenvalue weighted by Crippen LogP contribution is 2.19. The third kappa shape index (κ3) is 4.03. The van der Waals surface area contributed by atoms with Gasteiger partial charge in [-0.2, -0.15) is 15.0 Å². The maximum Gasteiger partial charge on any atom is 0.322 e. The SMILES string of the molecule is Clc1nc(Cl)nc(OC2CCN(Cc3ccccc3)C2)n1. The highest BCUT2D eigenvalue weighted by molar-refractivity contribution is 6.31. The van der Waals surface area contributed by atoms with E-state index in [4.69, 9.17) is 27.9 Å². The van der Waals surface area contributed by atoms with Crippen molar-refractivity contribution in [2.75, 3.05) is 13.1 Å². The zero-order chi connectivity index (χ0) is 14.7. The Balaban J connectivity index is 1.57. The van der Waals surface area contributed by atoms with Gasteiger partial charge in [-0.05, 0) is 35.2 Å². The van der Waals surface area contributed by atoms with Crippen LogP contribution in [0.25, 0.3) is 0 Å². The molecule has 5 nitrogen and oxygen atoms in total.